The van der Waals surface area contributed by atoms with Crippen molar-refractivity contribution in [2.45, 2.75) is 25.4 Å². The fourth-order valence-corrected chi connectivity index (χ4v) is 1.45. The van der Waals surface area contributed by atoms with E-state index in [-0.39, 0.29) is 11.8 Å². The van der Waals surface area contributed by atoms with Crippen LogP contribution >= 0.6 is 0 Å². The van der Waals surface area contributed by atoms with Crippen LogP contribution in [0.3, 0.4) is 0 Å². The molecule has 0 spiro atoms. The SMILES string of the molecule is CN(Cc1ccc(F)cc1)C(=O)NC1CC1. The van der Waals surface area contributed by atoms with Gasteiger partial charge in [-0.3, -0.25) is 0 Å². The number of rotatable bonds is 3. The van der Waals surface area contributed by atoms with Crippen molar-refractivity contribution in [3.8, 4) is 0 Å². The van der Waals surface area contributed by atoms with Crippen molar-refractivity contribution in [3.05, 3.63) is 35.6 Å². The Morgan fingerprint density at radius 3 is 2.62 bits per heavy atom. The van der Waals surface area contributed by atoms with Gasteiger partial charge in [-0.15, -0.1) is 0 Å². The van der Waals surface area contributed by atoms with Gasteiger partial charge in [0.05, 0.1) is 0 Å². The van der Waals surface area contributed by atoms with E-state index in [1.165, 1.54) is 12.1 Å². The molecule has 0 atom stereocenters. The number of carbonyl (C=O) groups excluding carboxylic acids is 1. The van der Waals surface area contributed by atoms with Crippen LogP contribution in [0.5, 0.6) is 0 Å². The van der Waals surface area contributed by atoms with Gasteiger partial charge in [-0.2, -0.15) is 0 Å². The van der Waals surface area contributed by atoms with Gasteiger partial charge in [0.25, 0.3) is 0 Å². The maximum Gasteiger partial charge on any atom is 0.317 e. The van der Waals surface area contributed by atoms with Gasteiger partial charge in [0.15, 0.2) is 0 Å². The van der Waals surface area contributed by atoms with Gasteiger partial charge in [0.1, 0.15) is 5.82 Å². The highest BCUT2D eigenvalue weighted by Crippen LogP contribution is 2.19. The van der Waals surface area contributed by atoms with Gasteiger partial charge >= 0.3 is 6.03 Å². The maximum absolute atomic E-state index is 12.7. The second-order valence-corrected chi connectivity index (χ2v) is 4.21. The summed E-state index contributed by atoms with van der Waals surface area (Å²) in [5.74, 6) is -0.256. The summed E-state index contributed by atoms with van der Waals surface area (Å²) in [5.41, 5.74) is 0.926. The number of benzene rings is 1. The quantitative estimate of drug-likeness (QED) is 0.834. The Balaban J connectivity index is 1.87. The number of hydrogen-bond donors (Lipinski definition) is 1. The van der Waals surface area contributed by atoms with Crippen LogP contribution in [0.15, 0.2) is 24.3 Å². The number of urea groups is 1. The standard InChI is InChI=1S/C12H15FN2O/c1-15(12(16)14-11-6-7-11)8-9-2-4-10(13)5-3-9/h2-5,11H,6-8H2,1H3,(H,14,16). The second kappa shape index (κ2) is 4.51. The zero-order valence-electron chi connectivity index (χ0n) is 9.24. The van der Waals surface area contributed by atoms with Crippen LogP contribution in [-0.2, 0) is 6.54 Å². The molecule has 2 rings (SSSR count). The fourth-order valence-electron chi connectivity index (χ4n) is 1.45. The fraction of sp³-hybridized carbons (Fsp3) is 0.417. The molecule has 0 heterocycles. The number of hydrogen-bond acceptors (Lipinski definition) is 1. The summed E-state index contributed by atoms with van der Waals surface area (Å²) in [4.78, 5) is 13.2. The van der Waals surface area contributed by atoms with Gasteiger partial charge in [-0.1, -0.05) is 12.1 Å². The third-order valence-electron chi connectivity index (χ3n) is 2.58. The zero-order chi connectivity index (χ0) is 11.5. The van der Waals surface area contributed by atoms with Gasteiger partial charge < -0.3 is 10.2 Å². The number of nitrogens with one attached hydrogen (secondary N) is 1. The van der Waals surface area contributed by atoms with Crippen molar-refractivity contribution >= 4 is 6.03 Å². The van der Waals surface area contributed by atoms with Crippen molar-refractivity contribution in [3.63, 3.8) is 0 Å². The number of amides is 2. The van der Waals surface area contributed by atoms with Crippen LogP contribution in [0, 0.1) is 5.82 Å². The minimum Gasteiger partial charge on any atom is -0.335 e. The molecular weight excluding hydrogens is 207 g/mol. The molecule has 0 saturated heterocycles. The third kappa shape index (κ3) is 2.95. The molecule has 0 unspecified atom stereocenters. The molecule has 1 aliphatic rings. The van der Waals surface area contributed by atoms with Crippen LogP contribution in [0.2, 0.25) is 0 Å². The monoisotopic (exact) mass is 222 g/mol. The molecule has 0 radical (unpaired) electrons. The van der Waals surface area contributed by atoms with E-state index in [0.717, 1.165) is 18.4 Å². The van der Waals surface area contributed by atoms with Crippen LogP contribution in [0.1, 0.15) is 18.4 Å². The van der Waals surface area contributed by atoms with Crippen LogP contribution in [0.25, 0.3) is 0 Å². The second-order valence-electron chi connectivity index (χ2n) is 4.21. The van der Waals surface area contributed by atoms with Gasteiger partial charge in [0, 0.05) is 19.6 Å². The predicted molar refractivity (Wildman–Crippen MR) is 59.4 cm³/mol. The van der Waals surface area contributed by atoms with E-state index in [4.69, 9.17) is 0 Å². The number of nitrogens with zero attached hydrogens (tertiary/aromatic N) is 1. The van der Waals surface area contributed by atoms with Crippen molar-refractivity contribution in [2.75, 3.05) is 7.05 Å². The number of halogens is 1. The average Bonchev–Trinajstić information content (AvgIpc) is 3.05. The first kappa shape index (κ1) is 10.9. The smallest absolute Gasteiger partial charge is 0.317 e. The molecule has 3 nitrogen and oxygen atoms in total. The van der Waals surface area contributed by atoms with Crippen LogP contribution < -0.4 is 5.32 Å². The lowest BCUT2D eigenvalue weighted by Gasteiger charge is -2.17. The number of carbonyl (C=O) groups is 1. The lowest BCUT2D eigenvalue weighted by Crippen LogP contribution is -2.37. The molecule has 1 fully saturated rings. The summed E-state index contributed by atoms with van der Waals surface area (Å²) >= 11 is 0. The molecule has 0 aliphatic heterocycles. The Bertz CT molecular complexity index is 373. The first-order valence-electron chi connectivity index (χ1n) is 5.41. The van der Waals surface area contributed by atoms with E-state index in [2.05, 4.69) is 5.32 Å². The highest BCUT2D eigenvalue weighted by Gasteiger charge is 2.24. The van der Waals surface area contributed by atoms with E-state index in [9.17, 15) is 9.18 Å². The Morgan fingerprint density at radius 1 is 1.44 bits per heavy atom. The van der Waals surface area contributed by atoms with E-state index in [0.29, 0.717) is 12.6 Å². The maximum atomic E-state index is 12.7. The summed E-state index contributed by atoms with van der Waals surface area (Å²) < 4.78 is 12.7. The lowest BCUT2D eigenvalue weighted by atomic mass is 10.2. The summed E-state index contributed by atoms with van der Waals surface area (Å²) in [7, 11) is 1.74. The predicted octanol–water partition coefficient (Wildman–Crippen LogP) is 2.13. The van der Waals surface area contributed by atoms with Crippen molar-refractivity contribution in [1.82, 2.24) is 10.2 Å². The van der Waals surface area contributed by atoms with E-state index >= 15 is 0 Å². The molecule has 4 heteroatoms. The first-order valence-corrected chi connectivity index (χ1v) is 5.41. The normalized spacial score (nSPS) is 14.6. The lowest BCUT2D eigenvalue weighted by molar-refractivity contribution is 0.206. The molecule has 0 aromatic heterocycles. The average molecular weight is 222 g/mol. The molecule has 0 bridgehead atoms. The highest BCUT2D eigenvalue weighted by atomic mass is 19.1. The van der Waals surface area contributed by atoms with E-state index < -0.39 is 0 Å². The Hall–Kier alpha value is -1.58. The third-order valence-corrected chi connectivity index (χ3v) is 2.58. The molecule has 1 aromatic rings. The van der Waals surface area contributed by atoms with Crippen molar-refractivity contribution in [2.24, 2.45) is 0 Å². The zero-order valence-corrected chi connectivity index (χ0v) is 9.24. The molecule has 1 aromatic carbocycles. The Kier molecular flexibility index (Phi) is 3.08. The largest absolute Gasteiger partial charge is 0.335 e. The molecular formula is C12H15FN2O. The highest BCUT2D eigenvalue weighted by molar-refractivity contribution is 5.74. The Labute approximate surface area is 94.3 Å². The summed E-state index contributed by atoms with van der Waals surface area (Å²) in [6, 6.07) is 6.49. The summed E-state index contributed by atoms with van der Waals surface area (Å²) in [5, 5.41) is 2.90. The molecule has 1 saturated carbocycles. The molecule has 2 amide bonds. The van der Waals surface area contributed by atoms with Gasteiger partial charge in [-0.25, -0.2) is 9.18 Å². The minimum atomic E-state index is -0.256. The van der Waals surface area contributed by atoms with Crippen molar-refractivity contribution in [1.29, 1.82) is 0 Å². The summed E-state index contributed by atoms with van der Waals surface area (Å²) in [6.07, 6.45) is 2.16. The summed E-state index contributed by atoms with van der Waals surface area (Å²) in [6.45, 7) is 0.499. The first-order chi connectivity index (χ1) is 7.65. The molecule has 16 heavy (non-hydrogen) atoms. The van der Waals surface area contributed by atoms with Gasteiger partial charge in [-0.05, 0) is 30.5 Å². The molecule has 86 valence electrons. The van der Waals surface area contributed by atoms with E-state index in [1.807, 2.05) is 0 Å². The van der Waals surface area contributed by atoms with Crippen LogP contribution in [-0.4, -0.2) is 24.0 Å². The van der Waals surface area contributed by atoms with E-state index in [1.54, 1.807) is 24.1 Å². The van der Waals surface area contributed by atoms with Crippen LogP contribution in [0.4, 0.5) is 9.18 Å². The Morgan fingerprint density at radius 2 is 2.06 bits per heavy atom. The van der Waals surface area contributed by atoms with Crippen molar-refractivity contribution < 1.29 is 9.18 Å². The topological polar surface area (TPSA) is 32.3 Å². The molecule has 1 aliphatic carbocycles. The molecule has 1 N–H and O–H groups in total. The van der Waals surface area contributed by atoms with Gasteiger partial charge in [0.2, 0.25) is 0 Å². The minimum absolute atomic E-state index is 0.0631.